The molecule has 4 aromatic rings. The largest absolute Gasteiger partial charge is 0.486 e. The Balaban J connectivity index is 0.000000142. The molecule has 0 aliphatic carbocycles. The van der Waals surface area contributed by atoms with Crippen molar-refractivity contribution in [2.45, 2.75) is 0 Å². The van der Waals surface area contributed by atoms with E-state index >= 15 is 0 Å². The van der Waals surface area contributed by atoms with E-state index in [4.69, 9.17) is 18.9 Å². The quantitative estimate of drug-likeness (QED) is 0.431. The molecule has 2 aliphatic rings. The second-order valence-electron chi connectivity index (χ2n) is 7.46. The molecule has 0 spiro atoms. The van der Waals surface area contributed by atoms with Gasteiger partial charge in [-0.2, -0.15) is 0 Å². The Kier molecular flexibility index (Phi) is 5.62. The van der Waals surface area contributed by atoms with Gasteiger partial charge in [-0.1, -0.05) is 0 Å². The topological polar surface area (TPSA) is 121 Å². The molecule has 2 N–H and O–H groups in total. The Morgan fingerprint density at radius 3 is 1.50 bits per heavy atom. The van der Waals surface area contributed by atoms with E-state index < -0.39 is 11.9 Å². The maximum absolute atomic E-state index is 11.4. The molecule has 10 nitrogen and oxygen atoms in total. The second kappa shape index (κ2) is 8.89. The summed E-state index contributed by atoms with van der Waals surface area (Å²) in [6.45, 7) is 2.11. The van der Waals surface area contributed by atoms with Crippen LogP contribution in [0.25, 0.3) is 21.8 Å². The lowest BCUT2D eigenvalue weighted by atomic mass is 10.2. The highest BCUT2D eigenvalue weighted by Crippen LogP contribution is 2.38. The summed E-state index contributed by atoms with van der Waals surface area (Å²) in [7, 11) is 2.70. The first kappa shape index (κ1) is 21.5. The molecule has 2 aromatic heterocycles. The van der Waals surface area contributed by atoms with Crippen LogP contribution in [-0.2, 0) is 9.47 Å². The van der Waals surface area contributed by atoms with Crippen LogP contribution < -0.4 is 18.9 Å². The van der Waals surface area contributed by atoms with E-state index in [1.807, 2.05) is 24.3 Å². The Hall–Kier alpha value is -4.34. The van der Waals surface area contributed by atoms with Gasteiger partial charge in [0.25, 0.3) is 0 Å². The van der Waals surface area contributed by atoms with Gasteiger partial charge in [-0.3, -0.25) is 0 Å². The highest BCUT2D eigenvalue weighted by Gasteiger charge is 2.20. The molecular formula is C24H22N2O8. The fourth-order valence-electron chi connectivity index (χ4n) is 3.85. The molecular weight excluding hydrogens is 444 g/mol. The van der Waals surface area contributed by atoms with Crippen LogP contribution in [0.4, 0.5) is 0 Å². The Labute approximate surface area is 193 Å². The summed E-state index contributed by atoms with van der Waals surface area (Å²) in [5.74, 6) is 1.91. The van der Waals surface area contributed by atoms with Crippen LogP contribution in [0.2, 0.25) is 0 Å². The summed E-state index contributed by atoms with van der Waals surface area (Å²) in [5.41, 5.74) is 2.35. The number of aromatic amines is 2. The van der Waals surface area contributed by atoms with Gasteiger partial charge in [-0.15, -0.1) is 0 Å². The minimum Gasteiger partial charge on any atom is -0.486 e. The third kappa shape index (κ3) is 3.83. The minimum absolute atomic E-state index is 0.397. The van der Waals surface area contributed by atoms with Gasteiger partial charge in [0.1, 0.15) is 37.8 Å². The van der Waals surface area contributed by atoms with Crippen LogP contribution in [0.3, 0.4) is 0 Å². The smallest absolute Gasteiger partial charge is 0.354 e. The molecule has 2 aliphatic heterocycles. The Morgan fingerprint density at radius 1 is 0.676 bits per heavy atom. The maximum Gasteiger partial charge on any atom is 0.354 e. The molecule has 0 atom stereocenters. The zero-order chi connectivity index (χ0) is 23.7. The minimum atomic E-state index is -0.397. The van der Waals surface area contributed by atoms with Crippen LogP contribution in [0.1, 0.15) is 21.0 Å². The number of H-pyrrole nitrogens is 2. The summed E-state index contributed by atoms with van der Waals surface area (Å²) in [6.07, 6.45) is 0. The summed E-state index contributed by atoms with van der Waals surface area (Å²) < 4.78 is 31.4. The molecule has 0 radical (unpaired) electrons. The summed E-state index contributed by atoms with van der Waals surface area (Å²) >= 11 is 0. The highest BCUT2D eigenvalue weighted by atomic mass is 16.6. The van der Waals surface area contributed by atoms with E-state index in [9.17, 15) is 9.59 Å². The van der Waals surface area contributed by atoms with Crippen molar-refractivity contribution in [2.24, 2.45) is 0 Å². The number of aromatic nitrogens is 2. The Morgan fingerprint density at radius 2 is 1.09 bits per heavy atom. The third-order valence-electron chi connectivity index (χ3n) is 5.41. The second-order valence-corrected chi connectivity index (χ2v) is 7.46. The van der Waals surface area contributed by atoms with Crippen molar-refractivity contribution in [3.63, 3.8) is 0 Å². The first-order valence-corrected chi connectivity index (χ1v) is 10.6. The van der Waals surface area contributed by atoms with Crippen molar-refractivity contribution in [3.05, 3.63) is 47.8 Å². The van der Waals surface area contributed by atoms with E-state index in [1.165, 1.54) is 14.2 Å². The molecule has 0 saturated carbocycles. The molecule has 2 aromatic carbocycles. The van der Waals surface area contributed by atoms with Crippen LogP contribution in [-0.4, -0.2) is 62.6 Å². The number of rotatable bonds is 2. The summed E-state index contributed by atoms with van der Waals surface area (Å²) in [4.78, 5) is 28.8. The van der Waals surface area contributed by atoms with Gasteiger partial charge >= 0.3 is 11.9 Å². The number of fused-ring (bicyclic) bond motifs is 6. The number of esters is 2. The molecule has 0 fully saturated rings. The average molecular weight is 466 g/mol. The monoisotopic (exact) mass is 466 g/mol. The number of hydrogen-bond donors (Lipinski definition) is 2. The van der Waals surface area contributed by atoms with E-state index in [0.717, 1.165) is 21.8 Å². The van der Waals surface area contributed by atoms with Crippen molar-refractivity contribution in [3.8, 4) is 23.0 Å². The van der Waals surface area contributed by atoms with Gasteiger partial charge < -0.3 is 38.4 Å². The van der Waals surface area contributed by atoms with E-state index in [1.54, 1.807) is 12.1 Å². The molecule has 34 heavy (non-hydrogen) atoms. The first-order valence-electron chi connectivity index (χ1n) is 10.6. The van der Waals surface area contributed by atoms with Gasteiger partial charge in [0.05, 0.1) is 25.3 Å². The number of hydrogen-bond acceptors (Lipinski definition) is 8. The number of methoxy groups -OCH3 is 2. The molecule has 0 unspecified atom stereocenters. The molecule has 6 rings (SSSR count). The fourth-order valence-corrected chi connectivity index (χ4v) is 3.85. The standard InChI is InChI=1S/2C12H11NO4/c2*1-15-12(14)8-6-7-2-3-9-11(10(7)13-8)17-5-4-16-9/h2*2-3,6,13H,4-5H2,1H3. The predicted octanol–water partition coefficient (Wildman–Crippen LogP) is 3.45. The molecule has 176 valence electrons. The van der Waals surface area contributed by atoms with Crippen molar-refractivity contribution < 1.29 is 38.0 Å². The van der Waals surface area contributed by atoms with Crippen LogP contribution in [0, 0.1) is 0 Å². The van der Waals surface area contributed by atoms with E-state index in [-0.39, 0.29) is 0 Å². The molecule has 0 amide bonds. The van der Waals surface area contributed by atoms with E-state index in [0.29, 0.717) is 60.8 Å². The zero-order valence-electron chi connectivity index (χ0n) is 18.6. The number of carbonyl (C=O) groups excluding carboxylic acids is 2. The van der Waals surface area contributed by atoms with Crippen LogP contribution in [0.15, 0.2) is 36.4 Å². The lowest BCUT2D eigenvalue weighted by Gasteiger charge is -2.18. The number of carbonyl (C=O) groups is 2. The fraction of sp³-hybridized carbons (Fsp3) is 0.250. The van der Waals surface area contributed by atoms with Gasteiger partial charge in [-0.25, -0.2) is 9.59 Å². The SMILES string of the molecule is COC(=O)c1cc2ccc3c(c2[nH]1)OCCO3.COC(=O)c1cc2ccc3c(c2[nH]1)OCCO3. The van der Waals surface area contributed by atoms with Crippen molar-refractivity contribution in [1.82, 2.24) is 9.97 Å². The summed E-state index contributed by atoms with van der Waals surface area (Å²) in [6, 6.07) is 10.9. The van der Waals surface area contributed by atoms with E-state index in [2.05, 4.69) is 19.4 Å². The normalized spacial score (nSPS) is 13.7. The van der Waals surface area contributed by atoms with Crippen LogP contribution >= 0.6 is 0 Å². The Bertz CT molecular complexity index is 1280. The zero-order valence-corrected chi connectivity index (χ0v) is 18.6. The number of benzene rings is 2. The molecule has 0 bridgehead atoms. The maximum atomic E-state index is 11.4. The summed E-state index contributed by atoms with van der Waals surface area (Å²) in [5, 5.41) is 1.80. The van der Waals surface area contributed by atoms with Gasteiger partial charge in [-0.05, 0) is 36.4 Å². The lowest BCUT2D eigenvalue weighted by Crippen LogP contribution is -2.15. The van der Waals surface area contributed by atoms with Gasteiger partial charge in [0.15, 0.2) is 23.0 Å². The first-order chi connectivity index (χ1) is 16.6. The lowest BCUT2D eigenvalue weighted by molar-refractivity contribution is 0.0586. The molecule has 10 heteroatoms. The van der Waals surface area contributed by atoms with Gasteiger partial charge in [0, 0.05) is 10.8 Å². The van der Waals surface area contributed by atoms with Crippen molar-refractivity contribution in [2.75, 3.05) is 40.6 Å². The number of nitrogens with one attached hydrogen (secondary N) is 2. The average Bonchev–Trinajstić information content (AvgIpc) is 3.53. The van der Waals surface area contributed by atoms with Crippen molar-refractivity contribution in [1.29, 1.82) is 0 Å². The van der Waals surface area contributed by atoms with Gasteiger partial charge in [0.2, 0.25) is 0 Å². The highest BCUT2D eigenvalue weighted by molar-refractivity contribution is 5.98. The van der Waals surface area contributed by atoms with Crippen LogP contribution in [0.5, 0.6) is 23.0 Å². The third-order valence-corrected chi connectivity index (χ3v) is 5.41. The predicted molar refractivity (Wildman–Crippen MR) is 121 cm³/mol. The number of ether oxygens (including phenoxy) is 6. The van der Waals surface area contributed by atoms with Crippen molar-refractivity contribution >= 4 is 33.7 Å². The molecule has 0 saturated heterocycles. The molecule has 4 heterocycles.